The van der Waals surface area contributed by atoms with Crippen molar-refractivity contribution in [1.29, 1.82) is 0 Å². The first kappa shape index (κ1) is 102. The van der Waals surface area contributed by atoms with Crippen LogP contribution in [0.25, 0.3) is 0 Å². The van der Waals surface area contributed by atoms with Crippen molar-refractivity contribution in [2.45, 2.75) is 471 Å². The number of carbonyl (C=O) groups excluding carboxylic acids is 4. The minimum Gasteiger partial charge on any atom is -0.462 e. The molecule has 0 fully saturated rings. The van der Waals surface area contributed by atoms with Gasteiger partial charge in [-0.1, -0.05) is 401 Å². The van der Waals surface area contributed by atoms with Crippen LogP contribution in [-0.2, 0) is 65.4 Å². The number of aliphatic hydroxyl groups excluding tert-OH is 1. The van der Waals surface area contributed by atoms with E-state index in [1.165, 1.54) is 270 Å². The summed E-state index contributed by atoms with van der Waals surface area (Å²) in [5.41, 5.74) is 0. The number of hydrogen-bond acceptors (Lipinski definition) is 15. The lowest BCUT2D eigenvalue weighted by Crippen LogP contribution is -2.30. The van der Waals surface area contributed by atoms with Crippen molar-refractivity contribution >= 4 is 39.5 Å². The highest BCUT2D eigenvalue weighted by molar-refractivity contribution is 7.47. The molecule has 0 saturated carbocycles. The highest BCUT2D eigenvalue weighted by atomic mass is 31.2. The van der Waals surface area contributed by atoms with E-state index in [-0.39, 0.29) is 25.7 Å². The molecule has 5 atom stereocenters. The van der Waals surface area contributed by atoms with E-state index >= 15 is 0 Å². The Morgan fingerprint density at radius 2 is 0.442 bits per heavy atom. The SMILES string of the molecule is CCCCCCCCCCCCCCCCCCCCCCC(=O)O[C@H](COC(=O)CCCCCCCCCCCCCCCC(C)C)COP(=O)(O)OC[C@@H](O)COP(=O)(O)OC[C@@H](COC(=O)CCCCCCCCCCCCCC)OC(=O)CCCCCCCCCCCCCCCC(C)C. The Morgan fingerprint density at radius 1 is 0.260 bits per heavy atom. The minimum absolute atomic E-state index is 0.108. The maximum absolute atomic E-state index is 13.1. The number of carbonyl (C=O) groups is 4. The summed E-state index contributed by atoms with van der Waals surface area (Å²) in [4.78, 5) is 73.2. The lowest BCUT2D eigenvalue weighted by atomic mass is 10.0. The molecule has 0 heterocycles. The standard InChI is InChI=1S/C85H166O17P2/c1-7-9-11-13-15-17-19-21-22-23-24-25-26-27-32-39-45-51-57-63-69-84(89)101-81(74-96-83(88)68-62-56-50-44-38-33-28-30-35-41-47-53-59-65-77(3)4)76-100-104(93,94)98-72-79(86)71-97-103(91,92)99-75-80(73-95-82(87)67-61-55-49-43-37-20-18-16-14-12-10-8-2)102-85(90)70-64-58-52-46-40-34-29-31-36-42-48-54-60-66-78(5)6/h77-81,86H,7-76H2,1-6H3,(H,91,92)(H,93,94)/t79-,80+,81+/m0/s1. The number of aliphatic hydroxyl groups is 1. The first-order valence-corrected chi connectivity index (χ1v) is 47.0. The van der Waals surface area contributed by atoms with Crippen molar-refractivity contribution in [3.63, 3.8) is 0 Å². The summed E-state index contributed by atoms with van der Waals surface area (Å²) in [6.45, 7) is 9.70. The van der Waals surface area contributed by atoms with Gasteiger partial charge in [-0.3, -0.25) is 37.3 Å². The normalized spacial score (nSPS) is 13.8. The van der Waals surface area contributed by atoms with Gasteiger partial charge >= 0.3 is 39.5 Å². The van der Waals surface area contributed by atoms with E-state index in [9.17, 15) is 43.2 Å². The van der Waals surface area contributed by atoms with E-state index in [1.54, 1.807) is 0 Å². The van der Waals surface area contributed by atoms with E-state index < -0.39 is 97.5 Å². The molecule has 0 radical (unpaired) electrons. The van der Waals surface area contributed by atoms with Gasteiger partial charge in [0.05, 0.1) is 26.4 Å². The summed E-state index contributed by atoms with van der Waals surface area (Å²) in [6, 6.07) is 0. The van der Waals surface area contributed by atoms with Gasteiger partial charge in [-0.2, -0.15) is 0 Å². The lowest BCUT2D eigenvalue weighted by Gasteiger charge is -2.21. The molecule has 0 spiro atoms. The molecular formula is C85H166O17P2. The number of unbranched alkanes of at least 4 members (excludes halogenated alkanes) is 54. The topological polar surface area (TPSA) is 237 Å². The maximum atomic E-state index is 13.1. The molecule has 0 aliphatic rings. The first-order valence-electron chi connectivity index (χ1n) is 44.0. The molecule has 0 aromatic rings. The van der Waals surface area contributed by atoms with Crippen LogP contribution < -0.4 is 0 Å². The molecule has 19 heteroatoms. The number of phosphoric ester groups is 2. The molecule has 104 heavy (non-hydrogen) atoms. The zero-order chi connectivity index (χ0) is 76.4. The maximum Gasteiger partial charge on any atom is 0.472 e. The smallest absolute Gasteiger partial charge is 0.462 e. The number of ether oxygens (including phenoxy) is 4. The summed E-state index contributed by atoms with van der Waals surface area (Å²) in [6.07, 6.45) is 67.9. The Balaban J connectivity index is 5.25. The van der Waals surface area contributed by atoms with Gasteiger partial charge in [0, 0.05) is 25.7 Å². The lowest BCUT2D eigenvalue weighted by molar-refractivity contribution is -0.161. The molecule has 0 aliphatic heterocycles. The zero-order valence-corrected chi connectivity index (χ0v) is 70.1. The van der Waals surface area contributed by atoms with Gasteiger partial charge in [-0.15, -0.1) is 0 Å². The van der Waals surface area contributed by atoms with E-state index in [1.807, 2.05) is 0 Å². The Hall–Kier alpha value is -1.94. The molecule has 2 unspecified atom stereocenters. The third-order valence-corrected chi connectivity index (χ3v) is 21.9. The van der Waals surface area contributed by atoms with Crippen LogP contribution in [0.2, 0.25) is 0 Å². The summed E-state index contributed by atoms with van der Waals surface area (Å²) in [5, 5.41) is 10.7. The van der Waals surface area contributed by atoms with E-state index in [0.29, 0.717) is 25.7 Å². The molecule has 0 aromatic carbocycles. The van der Waals surface area contributed by atoms with Crippen LogP contribution in [-0.4, -0.2) is 96.7 Å². The molecular weight excluding hydrogens is 1350 g/mol. The molecule has 3 N–H and O–H groups in total. The Morgan fingerprint density at radius 3 is 0.654 bits per heavy atom. The van der Waals surface area contributed by atoms with E-state index in [2.05, 4.69) is 41.5 Å². The zero-order valence-electron chi connectivity index (χ0n) is 68.3. The van der Waals surface area contributed by atoms with Crippen molar-refractivity contribution in [2.75, 3.05) is 39.6 Å². The van der Waals surface area contributed by atoms with Crippen molar-refractivity contribution in [3.8, 4) is 0 Å². The highest BCUT2D eigenvalue weighted by Gasteiger charge is 2.30. The average Bonchev–Trinajstić information content (AvgIpc) is 0.910. The quantitative estimate of drug-likeness (QED) is 0.0222. The summed E-state index contributed by atoms with van der Waals surface area (Å²) >= 11 is 0. The Labute approximate surface area is 638 Å². The predicted octanol–water partition coefficient (Wildman–Crippen LogP) is 25.8. The number of rotatable bonds is 84. The molecule has 618 valence electrons. The predicted molar refractivity (Wildman–Crippen MR) is 428 cm³/mol. The second-order valence-corrected chi connectivity index (χ2v) is 34.4. The van der Waals surface area contributed by atoms with Gasteiger partial charge in [0.1, 0.15) is 19.3 Å². The minimum atomic E-state index is -4.96. The van der Waals surface area contributed by atoms with E-state index in [4.69, 9.17) is 37.0 Å². The van der Waals surface area contributed by atoms with Crippen LogP contribution in [0.5, 0.6) is 0 Å². The summed E-state index contributed by atoms with van der Waals surface area (Å²) in [7, 11) is -9.93. The van der Waals surface area contributed by atoms with E-state index in [0.717, 1.165) is 102 Å². The van der Waals surface area contributed by atoms with Gasteiger partial charge in [-0.05, 0) is 37.5 Å². The van der Waals surface area contributed by atoms with Crippen LogP contribution in [0.4, 0.5) is 0 Å². The fourth-order valence-corrected chi connectivity index (χ4v) is 14.8. The van der Waals surface area contributed by atoms with Gasteiger partial charge in [0.15, 0.2) is 12.2 Å². The number of phosphoric acid groups is 2. The highest BCUT2D eigenvalue weighted by Crippen LogP contribution is 2.45. The van der Waals surface area contributed by atoms with Crippen LogP contribution in [0, 0.1) is 11.8 Å². The van der Waals surface area contributed by atoms with Crippen molar-refractivity contribution in [1.82, 2.24) is 0 Å². The van der Waals surface area contributed by atoms with Crippen molar-refractivity contribution < 1.29 is 80.2 Å². The fraction of sp³-hybridized carbons (Fsp3) is 0.953. The van der Waals surface area contributed by atoms with Crippen LogP contribution in [0.1, 0.15) is 452 Å². The number of hydrogen-bond donors (Lipinski definition) is 3. The average molecular weight is 1520 g/mol. The second-order valence-electron chi connectivity index (χ2n) is 31.5. The molecule has 0 amide bonds. The van der Waals surface area contributed by atoms with Crippen LogP contribution in [0.15, 0.2) is 0 Å². The molecule has 0 aliphatic carbocycles. The monoisotopic (exact) mass is 1520 g/mol. The van der Waals surface area contributed by atoms with Gasteiger partial charge < -0.3 is 33.8 Å². The molecule has 0 aromatic heterocycles. The van der Waals surface area contributed by atoms with Gasteiger partial charge in [-0.25, -0.2) is 9.13 Å². The Bertz CT molecular complexity index is 1990. The summed E-state index contributed by atoms with van der Waals surface area (Å²) in [5.74, 6) is -0.524. The van der Waals surface area contributed by atoms with Gasteiger partial charge in [0.2, 0.25) is 0 Å². The molecule has 0 bridgehead atoms. The molecule has 17 nitrogen and oxygen atoms in total. The van der Waals surface area contributed by atoms with Crippen LogP contribution >= 0.6 is 15.6 Å². The largest absolute Gasteiger partial charge is 0.472 e. The van der Waals surface area contributed by atoms with Crippen molar-refractivity contribution in [3.05, 3.63) is 0 Å². The fourth-order valence-electron chi connectivity index (χ4n) is 13.2. The number of esters is 4. The van der Waals surface area contributed by atoms with Gasteiger partial charge in [0.25, 0.3) is 0 Å². The van der Waals surface area contributed by atoms with Crippen molar-refractivity contribution in [2.24, 2.45) is 11.8 Å². The molecule has 0 saturated heterocycles. The summed E-state index contributed by atoms with van der Waals surface area (Å²) < 4.78 is 68.9. The first-order chi connectivity index (χ1) is 50.4. The third kappa shape index (κ3) is 78.2. The molecule has 0 rings (SSSR count). The second kappa shape index (κ2) is 76.4. The Kier molecular flexibility index (Phi) is 75.0. The van der Waals surface area contributed by atoms with Crippen LogP contribution in [0.3, 0.4) is 0 Å². The third-order valence-electron chi connectivity index (χ3n) is 20.0.